The van der Waals surface area contributed by atoms with Gasteiger partial charge in [-0.25, -0.2) is 9.97 Å². The molecule has 0 radical (unpaired) electrons. The van der Waals surface area contributed by atoms with Crippen LogP contribution < -0.4 is 10.1 Å². The van der Waals surface area contributed by atoms with Gasteiger partial charge < -0.3 is 15.2 Å². The summed E-state index contributed by atoms with van der Waals surface area (Å²) in [5.74, 6) is 1.90. The van der Waals surface area contributed by atoms with E-state index in [2.05, 4.69) is 27.2 Å². The van der Waals surface area contributed by atoms with E-state index in [9.17, 15) is 5.11 Å². The van der Waals surface area contributed by atoms with Crippen LogP contribution >= 0.6 is 0 Å². The minimum Gasteiger partial charge on any atom is -0.504 e. The average molecular weight is 336 g/mol. The molecule has 2 heterocycles. The molecule has 6 heteroatoms. The Morgan fingerprint density at radius 3 is 2.68 bits per heavy atom. The summed E-state index contributed by atoms with van der Waals surface area (Å²) in [5, 5.41) is 13.2. The van der Waals surface area contributed by atoms with E-state index < -0.39 is 0 Å². The summed E-state index contributed by atoms with van der Waals surface area (Å²) in [7, 11) is 1.53. The minimum absolute atomic E-state index is 0.118. The lowest BCUT2D eigenvalue weighted by Crippen LogP contribution is -2.05. The molecule has 0 saturated heterocycles. The number of aromatic hydroxyl groups is 1. The first-order valence-electron chi connectivity index (χ1n) is 8.08. The van der Waals surface area contributed by atoms with Gasteiger partial charge in [-0.3, -0.25) is 4.98 Å². The maximum Gasteiger partial charge on any atom is 0.180 e. The predicted octanol–water partition coefficient (Wildman–Crippen LogP) is 3.43. The third kappa shape index (κ3) is 4.03. The van der Waals surface area contributed by atoms with Gasteiger partial charge in [-0.15, -0.1) is 0 Å². The maximum atomic E-state index is 9.88. The van der Waals surface area contributed by atoms with Crippen LogP contribution in [0.2, 0.25) is 0 Å². The number of nitrogens with one attached hydrogen (secondary N) is 1. The molecule has 1 aromatic carbocycles. The number of pyridine rings is 1. The van der Waals surface area contributed by atoms with Gasteiger partial charge in [0.2, 0.25) is 0 Å². The van der Waals surface area contributed by atoms with Gasteiger partial charge in [0, 0.05) is 24.5 Å². The lowest BCUT2D eigenvalue weighted by molar-refractivity contribution is 0.373. The lowest BCUT2D eigenvalue weighted by atomic mass is 10.2. The zero-order valence-corrected chi connectivity index (χ0v) is 14.2. The van der Waals surface area contributed by atoms with Gasteiger partial charge in [-0.05, 0) is 36.2 Å². The monoisotopic (exact) mass is 336 g/mol. The van der Waals surface area contributed by atoms with Gasteiger partial charge in [-0.1, -0.05) is 19.1 Å². The second kappa shape index (κ2) is 7.61. The van der Waals surface area contributed by atoms with Crippen LogP contribution in [0.3, 0.4) is 0 Å². The smallest absolute Gasteiger partial charge is 0.180 e. The highest BCUT2D eigenvalue weighted by Crippen LogP contribution is 2.26. The van der Waals surface area contributed by atoms with E-state index in [1.165, 1.54) is 7.11 Å². The van der Waals surface area contributed by atoms with Crippen LogP contribution in [0.25, 0.3) is 11.5 Å². The Kier molecular flexibility index (Phi) is 5.09. The second-order valence-corrected chi connectivity index (χ2v) is 5.50. The van der Waals surface area contributed by atoms with E-state index >= 15 is 0 Å². The molecular formula is C19H20N4O2. The zero-order chi connectivity index (χ0) is 17.6. The minimum atomic E-state index is 0.118. The van der Waals surface area contributed by atoms with Crippen molar-refractivity contribution in [2.24, 2.45) is 0 Å². The van der Waals surface area contributed by atoms with Crippen molar-refractivity contribution in [3.05, 3.63) is 59.9 Å². The highest BCUT2D eigenvalue weighted by Gasteiger charge is 2.08. The Morgan fingerprint density at radius 2 is 2.00 bits per heavy atom. The highest BCUT2D eigenvalue weighted by atomic mass is 16.5. The van der Waals surface area contributed by atoms with Crippen LogP contribution in [-0.4, -0.2) is 27.2 Å². The SMILES string of the molecule is CCc1cc(NCc2ccc(OC)c(O)c2)nc(-c2ccccn2)n1. The fraction of sp³-hybridized carbons (Fsp3) is 0.211. The summed E-state index contributed by atoms with van der Waals surface area (Å²) in [6.45, 7) is 2.58. The number of anilines is 1. The first-order valence-corrected chi connectivity index (χ1v) is 8.08. The molecule has 25 heavy (non-hydrogen) atoms. The summed E-state index contributed by atoms with van der Waals surface area (Å²) in [5.41, 5.74) is 2.60. The quantitative estimate of drug-likeness (QED) is 0.718. The molecule has 0 fully saturated rings. The van der Waals surface area contributed by atoms with Gasteiger partial charge >= 0.3 is 0 Å². The Morgan fingerprint density at radius 1 is 1.12 bits per heavy atom. The third-order valence-corrected chi connectivity index (χ3v) is 3.75. The van der Waals surface area contributed by atoms with E-state index in [1.807, 2.05) is 30.3 Å². The predicted molar refractivity (Wildman–Crippen MR) is 96.6 cm³/mol. The highest BCUT2D eigenvalue weighted by molar-refractivity contribution is 5.53. The number of aryl methyl sites for hydroxylation is 1. The lowest BCUT2D eigenvalue weighted by Gasteiger charge is -2.10. The summed E-state index contributed by atoms with van der Waals surface area (Å²) < 4.78 is 5.06. The summed E-state index contributed by atoms with van der Waals surface area (Å²) in [6, 6.07) is 12.9. The van der Waals surface area contributed by atoms with Crippen molar-refractivity contribution in [1.82, 2.24) is 15.0 Å². The molecule has 0 amide bonds. The zero-order valence-electron chi connectivity index (χ0n) is 14.2. The number of aromatic nitrogens is 3. The number of nitrogens with zero attached hydrogens (tertiary/aromatic N) is 3. The fourth-order valence-corrected chi connectivity index (χ4v) is 2.42. The number of hydrogen-bond donors (Lipinski definition) is 2. The normalized spacial score (nSPS) is 10.5. The van der Waals surface area contributed by atoms with Crippen LogP contribution in [0.1, 0.15) is 18.2 Å². The fourth-order valence-electron chi connectivity index (χ4n) is 2.42. The van der Waals surface area contributed by atoms with E-state index in [0.29, 0.717) is 18.1 Å². The van der Waals surface area contributed by atoms with E-state index in [-0.39, 0.29) is 5.75 Å². The molecule has 2 N–H and O–H groups in total. The molecule has 128 valence electrons. The van der Waals surface area contributed by atoms with Gasteiger partial charge in [0.1, 0.15) is 11.5 Å². The molecule has 0 spiro atoms. The summed E-state index contributed by atoms with van der Waals surface area (Å²) >= 11 is 0. The number of phenols is 1. The van der Waals surface area contributed by atoms with Crippen LogP contribution in [0.4, 0.5) is 5.82 Å². The Labute approximate surface area is 146 Å². The molecule has 0 aliphatic heterocycles. The molecule has 2 aromatic heterocycles. The number of phenolic OH excluding ortho intramolecular Hbond substituents is 1. The van der Waals surface area contributed by atoms with Crippen molar-refractivity contribution in [3.63, 3.8) is 0 Å². The van der Waals surface area contributed by atoms with Crippen LogP contribution in [-0.2, 0) is 13.0 Å². The maximum absolute atomic E-state index is 9.88. The van der Waals surface area contributed by atoms with Crippen LogP contribution in [0.15, 0.2) is 48.7 Å². The van der Waals surface area contributed by atoms with E-state index in [4.69, 9.17) is 4.74 Å². The summed E-state index contributed by atoms with van der Waals surface area (Å²) in [4.78, 5) is 13.4. The molecule has 0 saturated carbocycles. The number of rotatable bonds is 6. The molecular weight excluding hydrogens is 316 g/mol. The molecule has 3 rings (SSSR count). The van der Waals surface area contributed by atoms with E-state index in [0.717, 1.165) is 29.2 Å². The first kappa shape index (κ1) is 16.7. The molecule has 6 nitrogen and oxygen atoms in total. The van der Waals surface area contributed by atoms with E-state index in [1.54, 1.807) is 18.3 Å². The van der Waals surface area contributed by atoms with Gasteiger partial charge in [0.05, 0.1) is 7.11 Å². The van der Waals surface area contributed by atoms with Crippen molar-refractivity contribution < 1.29 is 9.84 Å². The third-order valence-electron chi connectivity index (χ3n) is 3.75. The van der Waals surface area contributed by atoms with Gasteiger partial charge in [0.15, 0.2) is 17.3 Å². The molecule has 0 aliphatic rings. The molecule has 0 bridgehead atoms. The second-order valence-electron chi connectivity index (χ2n) is 5.50. The topological polar surface area (TPSA) is 80.2 Å². The van der Waals surface area contributed by atoms with Crippen molar-refractivity contribution in [3.8, 4) is 23.0 Å². The van der Waals surface area contributed by atoms with Crippen LogP contribution in [0, 0.1) is 0 Å². The number of ether oxygens (including phenoxy) is 1. The first-order chi connectivity index (χ1) is 12.2. The molecule has 0 unspecified atom stereocenters. The van der Waals surface area contributed by atoms with Gasteiger partial charge in [-0.2, -0.15) is 0 Å². The van der Waals surface area contributed by atoms with Crippen molar-refractivity contribution >= 4 is 5.82 Å². The van der Waals surface area contributed by atoms with Crippen molar-refractivity contribution in [2.75, 3.05) is 12.4 Å². The Balaban J connectivity index is 1.81. The molecule has 3 aromatic rings. The van der Waals surface area contributed by atoms with Crippen molar-refractivity contribution in [1.29, 1.82) is 0 Å². The Bertz CT molecular complexity index is 853. The number of hydrogen-bond acceptors (Lipinski definition) is 6. The van der Waals surface area contributed by atoms with Crippen LogP contribution in [0.5, 0.6) is 11.5 Å². The largest absolute Gasteiger partial charge is 0.504 e. The molecule has 0 aliphatic carbocycles. The number of benzene rings is 1. The number of methoxy groups -OCH3 is 1. The molecule has 0 atom stereocenters. The van der Waals surface area contributed by atoms with Crippen molar-refractivity contribution in [2.45, 2.75) is 19.9 Å². The van der Waals surface area contributed by atoms with Gasteiger partial charge in [0.25, 0.3) is 0 Å². The standard InChI is InChI=1S/C19H20N4O2/c1-3-14-11-18(23-19(22-14)15-6-4-5-9-20-15)21-12-13-7-8-17(25-2)16(24)10-13/h4-11,24H,3,12H2,1-2H3,(H,21,22,23). The average Bonchev–Trinajstić information content (AvgIpc) is 2.67. The Hall–Kier alpha value is -3.15. The summed E-state index contributed by atoms with van der Waals surface area (Å²) in [6.07, 6.45) is 2.53.